The minimum absolute atomic E-state index is 0.273. The molecule has 0 aliphatic carbocycles. The molecule has 0 amide bonds. The second-order valence-electron chi connectivity index (χ2n) is 4.16. The number of halogens is 2. The zero-order valence-corrected chi connectivity index (χ0v) is 11.6. The zero-order chi connectivity index (χ0) is 15.6. The average molecular weight is 316 g/mol. The van der Waals surface area contributed by atoms with E-state index in [1.165, 1.54) is 12.1 Å². The van der Waals surface area contributed by atoms with Crippen LogP contribution in [0.2, 0.25) is 0 Å². The molecule has 1 heterocycles. The van der Waals surface area contributed by atoms with Gasteiger partial charge in [0.25, 0.3) is 10.1 Å². The predicted octanol–water partition coefficient (Wildman–Crippen LogP) is 2.64. The maximum absolute atomic E-state index is 11.9. The molecule has 1 aromatic heterocycles. The first-order valence-electron chi connectivity index (χ1n) is 5.71. The van der Waals surface area contributed by atoms with E-state index in [4.69, 9.17) is 4.42 Å². The normalized spacial score (nSPS) is 12.6. The molecule has 0 bridgehead atoms. The van der Waals surface area contributed by atoms with Crippen LogP contribution in [0.5, 0.6) is 0 Å². The lowest BCUT2D eigenvalue weighted by molar-refractivity contribution is -0.0432. The van der Waals surface area contributed by atoms with Gasteiger partial charge in [-0.2, -0.15) is 21.4 Å². The molecule has 2 aromatic rings. The lowest BCUT2D eigenvalue weighted by atomic mass is 10.1. The van der Waals surface area contributed by atoms with E-state index in [0.717, 1.165) is 6.08 Å². The molecule has 0 aliphatic heterocycles. The lowest BCUT2D eigenvalue weighted by Gasteiger charge is -2.02. The van der Waals surface area contributed by atoms with Gasteiger partial charge in [0.15, 0.2) is 0 Å². The highest BCUT2D eigenvalue weighted by Crippen LogP contribution is 2.19. The van der Waals surface area contributed by atoms with Crippen molar-refractivity contribution in [2.45, 2.75) is 13.5 Å². The largest absolute Gasteiger partial charge is 0.423 e. The van der Waals surface area contributed by atoms with E-state index in [1.807, 2.05) is 0 Å². The highest BCUT2D eigenvalue weighted by atomic mass is 32.2. The molecular formula is C13H10F2O5S. The summed E-state index contributed by atoms with van der Waals surface area (Å²) in [5, 5.41) is 1.20. The van der Waals surface area contributed by atoms with Crippen molar-refractivity contribution in [2.24, 2.45) is 0 Å². The second kappa shape index (κ2) is 5.74. The molecule has 1 aromatic carbocycles. The van der Waals surface area contributed by atoms with Crippen molar-refractivity contribution in [3.8, 4) is 0 Å². The standard InChI is InChI=1S/C13H10F2O5S/c1-8-6-12(16)19-11-7-9(2-3-10(8)11)4-5-21(17,18)20-13(14)15/h2-7,13H,1H3/b5-4+. The minimum Gasteiger partial charge on any atom is -0.423 e. The number of benzene rings is 1. The van der Waals surface area contributed by atoms with Crippen molar-refractivity contribution >= 4 is 27.2 Å². The van der Waals surface area contributed by atoms with Crippen LogP contribution in [0.1, 0.15) is 11.1 Å². The highest BCUT2D eigenvalue weighted by Gasteiger charge is 2.14. The topological polar surface area (TPSA) is 73.6 Å². The van der Waals surface area contributed by atoms with E-state index in [0.29, 0.717) is 21.9 Å². The number of rotatable bonds is 4. The van der Waals surface area contributed by atoms with Gasteiger partial charge >= 0.3 is 12.2 Å². The molecule has 112 valence electrons. The van der Waals surface area contributed by atoms with E-state index in [-0.39, 0.29) is 5.58 Å². The monoisotopic (exact) mass is 316 g/mol. The quantitative estimate of drug-likeness (QED) is 0.640. The van der Waals surface area contributed by atoms with Crippen molar-refractivity contribution in [3.05, 3.63) is 51.2 Å². The molecular weight excluding hydrogens is 306 g/mol. The van der Waals surface area contributed by atoms with Crippen molar-refractivity contribution in [2.75, 3.05) is 0 Å². The van der Waals surface area contributed by atoms with Crippen molar-refractivity contribution in [3.63, 3.8) is 0 Å². The molecule has 0 saturated carbocycles. The smallest absolute Gasteiger partial charge is 0.359 e. The molecule has 0 spiro atoms. The van der Waals surface area contributed by atoms with Crippen LogP contribution in [-0.4, -0.2) is 15.0 Å². The Morgan fingerprint density at radius 1 is 1.29 bits per heavy atom. The summed E-state index contributed by atoms with van der Waals surface area (Å²) in [7, 11) is -4.47. The van der Waals surface area contributed by atoms with Gasteiger partial charge in [-0.15, -0.1) is 0 Å². The number of alkyl halides is 2. The fraction of sp³-hybridized carbons (Fsp3) is 0.154. The van der Waals surface area contributed by atoms with Gasteiger partial charge in [0, 0.05) is 11.5 Å². The summed E-state index contributed by atoms with van der Waals surface area (Å²) in [5.41, 5.74) is 0.812. The van der Waals surface area contributed by atoms with Crippen LogP contribution in [0.3, 0.4) is 0 Å². The van der Waals surface area contributed by atoms with E-state index >= 15 is 0 Å². The summed E-state index contributed by atoms with van der Waals surface area (Å²) in [6, 6.07) is 5.95. The number of hydrogen-bond acceptors (Lipinski definition) is 5. The van der Waals surface area contributed by atoms with Gasteiger partial charge in [0.2, 0.25) is 0 Å². The van der Waals surface area contributed by atoms with Gasteiger partial charge in [-0.1, -0.05) is 12.1 Å². The Balaban J connectivity index is 2.38. The molecule has 0 saturated heterocycles. The molecule has 0 aliphatic rings. The van der Waals surface area contributed by atoms with Crippen LogP contribution >= 0.6 is 0 Å². The Labute approximate surface area is 118 Å². The van der Waals surface area contributed by atoms with E-state index in [1.54, 1.807) is 19.1 Å². The first-order valence-corrected chi connectivity index (χ1v) is 7.18. The van der Waals surface area contributed by atoms with E-state index < -0.39 is 22.4 Å². The lowest BCUT2D eigenvalue weighted by Crippen LogP contribution is -2.06. The molecule has 2 rings (SSSR count). The number of aryl methyl sites for hydroxylation is 1. The maximum atomic E-state index is 11.9. The molecule has 0 unspecified atom stereocenters. The minimum atomic E-state index is -4.47. The van der Waals surface area contributed by atoms with Gasteiger partial charge in [0.1, 0.15) is 5.58 Å². The van der Waals surface area contributed by atoms with Gasteiger partial charge in [-0.25, -0.2) is 4.79 Å². The molecule has 0 fully saturated rings. The third-order valence-corrected chi connectivity index (χ3v) is 3.49. The van der Waals surface area contributed by atoms with Crippen LogP contribution in [0, 0.1) is 6.92 Å². The Morgan fingerprint density at radius 3 is 2.67 bits per heavy atom. The van der Waals surface area contributed by atoms with E-state index in [9.17, 15) is 22.0 Å². The summed E-state index contributed by atoms with van der Waals surface area (Å²) in [6.45, 7) is -1.69. The summed E-state index contributed by atoms with van der Waals surface area (Å²) in [6.07, 6.45) is 1.07. The summed E-state index contributed by atoms with van der Waals surface area (Å²) >= 11 is 0. The van der Waals surface area contributed by atoms with Crippen LogP contribution in [0.25, 0.3) is 17.0 Å². The summed E-state index contributed by atoms with van der Waals surface area (Å²) in [5.74, 6) is 0. The maximum Gasteiger partial charge on any atom is 0.359 e. The van der Waals surface area contributed by atoms with Crippen LogP contribution < -0.4 is 5.63 Å². The average Bonchev–Trinajstić information content (AvgIpc) is 2.34. The molecule has 8 heteroatoms. The van der Waals surface area contributed by atoms with Gasteiger partial charge in [0.05, 0.1) is 5.41 Å². The van der Waals surface area contributed by atoms with Crippen molar-refractivity contribution < 1.29 is 25.8 Å². The molecule has 21 heavy (non-hydrogen) atoms. The van der Waals surface area contributed by atoms with Gasteiger partial charge < -0.3 is 4.42 Å². The van der Waals surface area contributed by atoms with Crippen molar-refractivity contribution in [1.82, 2.24) is 0 Å². The molecule has 0 radical (unpaired) electrons. The third-order valence-electron chi connectivity index (χ3n) is 2.61. The molecule has 5 nitrogen and oxygen atoms in total. The van der Waals surface area contributed by atoms with Crippen LogP contribution in [0.15, 0.2) is 38.9 Å². The summed E-state index contributed by atoms with van der Waals surface area (Å²) < 4.78 is 54.4. The van der Waals surface area contributed by atoms with Crippen molar-refractivity contribution in [1.29, 1.82) is 0 Å². The zero-order valence-electron chi connectivity index (χ0n) is 10.7. The Kier molecular flexibility index (Phi) is 4.19. The fourth-order valence-electron chi connectivity index (χ4n) is 1.74. The SMILES string of the molecule is Cc1cc(=O)oc2cc(/C=C/S(=O)(=O)OC(F)F)ccc12. The number of fused-ring (bicyclic) bond motifs is 1. The number of hydrogen-bond donors (Lipinski definition) is 0. The van der Waals surface area contributed by atoms with E-state index in [2.05, 4.69) is 4.18 Å². The first-order chi connectivity index (χ1) is 9.77. The molecule has 0 N–H and O–H groups in total. The summed E-state index contributed by atoms with van der Waals surface area (Å²) in [4.78, 5) is 11.3. The van der Waals surface area contributed by atoms with Gasteiger partial charge in [-0.05, 0) is 30.2 Å². The first kappa shape index (κ1) is 15.3. The van der Waals surface area contributed by atoms with Crippen LogP contribution in [-0.2, 0) is 14.3 Å². The Hall–Kier alpha value is -2.06. The predicted molar refractivity (Wildman–Crippen MR) is 72.3 cm³/mol. The molecule has 0 atom stereocenters. The highest BCUT2D eigenvalue weighted by molar-refractivity contribution is 7.89. The van der Waals surface area contributed by atoms with Gasteiger partial charge in [-0.3, -0.25) is 0 Å². The Bertz CT molecular complexity index is 852. The third kappa shape index (κ3) is 3.96. The Morgan fingerprint density at radius 2 is 2.00 bits per heavy atom. The second-order valence-corrected chi connectivity index (χ2v) is 5.61. The van der Waals surface area contributed by atoms with Crippen LogP contribution in [0.4, 0.5) is 8.78 Å². The fourth-order valence-corrected chi connectivity index (χ4v) is 2.33.